The summed E-state index contributed by atoms with van der Waals surface area (Å²) in [7, 11) is 0. The summed E-state index contributed by atoms with van der Waals surface area (Å²) in [6.45, 7) is 2.47. The standard InChI is InChI=1S/C18H18ClNOS/c19-16-6-7-18-17(10-16)15(13-22-18)12-20(8-9-21)11-14-4-2-1-3-5-14/h1-7,10,13,21H,8-9,11-12H2. The molecule has 0 radical (unpaired) electrons. The monoisotopic (exact) mass is 331 g/mol. The summed E-state index contributed by atoms with van der Waals surface area (Å²) < 4.78 is 1.25. The number of halogens is 1. The van der Waals surface area contributed by atoms with Crippen LogP contribution >= 0.6 is 22.9 Å². The first kappa shape index (κ1) is 15.5. The van der Waals surface area contributed by atoms with Gasteiger partial charge in [0.15, 0.2) is 0 Å². The highest BCUT2D eigenvalue weighted by molar-refractivity contribution is 7.17. The predicted molar refractivity (Wildman–Crippen MR) is 94.5 cm³/mol. The molecule has 0 atom stereocenters. The van der Waals surface area contributed by atoms with Crippen molar-refractivity contribution in [1.82, 2.24) is 4.90 Å². The van der Waals surface area contributed by atoms with Crippen LogP contribution in [-0.4, -0.2) is 23.2 Å². The first-order valence-corrected chi connectivity index (χ1v) is 8.55. The molecule has 2 nitrogen and oxygen atoms in total. The smallest absolute Gasteiger partial charge is 0.0558 e. The van der Waals surface area contributed by atoms with E-state index < -0.39 is 0 Å². The van der Waals surface area contributed by atoms with Crippen molar-refractivity contribution in [2.24, 2.45) is 0 Å². The van der Waals surface area contributed by atoms with Crippen LogP contribution in [0.25, 0.3) is 10.1 Å². The van der Waals surface area contributed by atoms with Crippen molar-refractivity contribution in [2.75, 3.05) is 13.2 Å². The maximum absolute atomic E-state index is 9.34. The van der Waals surface area contributed by atoms with Crippen LogP contribution in [0.3, 0.4) is 0 Å². The molecule has 2 aromatic carbocycles. The highest BCUT2D eigenvalue weighted by Gasteiger charge is 2.11. The number of rotatable bonds is 6. The van der Waals surface area contributed by atoms with Gasteiger partial charge in [0.1, 0.15) is 0 Å². The fourth-order valence-electron chi connectivity index (χ4n) is 2.61. The van der Waals surface area contributed by atoms with Gasteiger partial charge in [0, 0.05) is 29.4 Å². The molecular weight excluding hydrogens is 314 g/mol. The van der Waals surface area contributed by atoms with Gasteiger partial charge >= 0.3 is 0 Å². The molecule has 0 fully saturated rings. The topological polar surface area (TPSA) is 23.5 Å². The predicted octanol–water partition coefficient (Wildman–Crippen LogP) is 4.55. The lowest BCUT2D eigenvalue weighted by Gasteiger charge is -2.21. The van der Waals surface area contributed by atoms with E-state index in [4.69, 9.17) is 11.6 Å². The van der Waals surface area contributed by atoms with Gasteiger partial charge < -0.3 is 5.11 Å². The molecule has 3 rings (SSSR count). The molecule has 0 amide bonds. The van der Waals surface area contributed by atoms with E-state index in [0.717, 1.165) is 18.1 Å². The summed E-state index contributed by atoms with van der Waals surface area (Å²) in [5.74, 6) is 0. The molecule has 0 saturated heterocycles. The lowest BCUT2D eigenvalue weighted by molar-refractivity contribution is 0.185. The van der Waals surface area contributed by atoms with Crippen molar-refractivity contribution in [3.63, 3.8) is 0 Å². The number of nitrogens with zero attached hydrogens (tertiary/aromatic N) is 1. The summed E-state index contributed by atoms with van der Waals surface area (Å²) >= 11 is 7.87. The Morgan fingerprint density at radius 2 is 1.86 bits per heavy atom. The van der Waals surface area contributed by atoms with Gasteiger partial charge in [-0.15, -0.1) is 11.3 Å². The second-order valence-corrected chi connectivity index (χ2v) is 6.67. The SMILES string of the molecule is OCCN(Cc1ccccc1)Cc1csc2ccc(Cl)cc12. The Hall–Kier alpha value is -1.39. The number of aliphatic hydroxyl groups excluding tert-OH is 1. The molecule has 0 aliphatic carbocycles. The first-order valence-electron chi connectivity index (χ1n) is 7.29. The lowest BCUT2D eigenvalue weighted by Crippen LogP contribution is -2.25. The zero-order chi connectivity index (χ0) is 15.4. The zero-order valence-corrected chi connectivity index (χ0v) is 13.8. The maximum atomic E-state index is 9.34. The van der Waals surface area contributed by atoms with E-state index in [9.17, 15) is 5.11 Å². The van der Waals surface area contributed by atoms with Gasteiger partial charge in [-0.3, -0.25) is 4.90 Å². The van der Waals surface area contributed by atoms with E-state index in [1.54, 1.807) is 11.3 Å². The molecule has 0 bridgehead atoms. The molecule has 114 valence electrons. The summed E-state index contributed by atoms with van der Waals surface area (Å²) in [6, 6.07) is 16.4. The van der Waals surface area contributed by atoms with Crippen LogP contribution in [-0.2, 0) is 13.1 Å². The molecule has 1 aromatic heterocycles. The summed E-state index contributed by atoms with van der Waals surface area (Å²) in [5.41, 5.74) is 2.53. The van der Waals surface area contributed by atoms with Crippen LogP contribution in [0.2, 0.25) is 5.02 Å². The minimum Gasteiger partial charge on any atom is -0.395 e. The largest absolute Gasteiger partial charge is 0.395 e. The van der Waals surface area contributed by atoms with Crippen LogP contribution in [0.1, 0.15) is 11.1 Å². The zero-order valence-electron chi connectivity index (χ0n) is 12.2. The van der Waals surface area contributed by atoms with Gasteiger partial charge in [0.05, 0.1) is 6.61 Å². The molecule has 0 unspecified atom stereocenters. The second-order valence-electron chi connectivity index (χ2n) is 5.32. The highest BCUT2D eigenvalue weighted by atomic mass is 35.5. The number of hydrogen-bond donors (Lipinski definition) is 1. The van der Waals surface area contributed by atoms with E-state index in [2.05, 4.69) is 28.5 Å². The van der Waals surface area contributed by atoms with E-state index in [1.165, 1.54) is 21.2 Å². The molecule has 1 N–H and O–H groups in total. The molecule has 4 heteroatoms. The van der Waals surface area contributed by atoms with E-state index in [-0.39, 0.29) is 6.61 Å². The number of thiophene rings is 1. The summed E-state index contributed by atoms with van der Waals surface area (Å²) in [4.78, 5) is 2.26. The summed E-state index contributed by atoms with van der Waals surface area (Å²) in [5, 5.41) is 13.5. The third-order valence-corrected chi connectivity index (χ3v) is 4.92. The Bertz CT molecular complexity index is 741. The number of aliphatic hydroxyl groups is 1. The van der Waals surface area contributed by atoms with Gasteiger partial charge in [-0.25, -0.2) is 0 Å². The average molecular weight is 332 g/mol. The van der Waals surface area contributed by atoms with Crippen LogP contribution in [0, 0.1) is 0 Å². The van der Waals surface area contributed by atoms with Crippen LogP contribution < -0.4 is 0 Å². The highest BCUT2D eigenvalue weighted by Crippen LogP contribution is 2.29. The molecule has 0 aliphatic rings. The Morgan fingerprint density at radius 3 is 2.64 bits per heavy atom. The second kappa shape index (κ2) is 7.25. The molecule has 0 spiro atoms. The van der Waals surface area contributed by atoms with Crippen molar-refractivity contribution in [1.29, 1.82) is 0 Å². The summed E-state index contributed by atoms with van der Waals surface area (Å²) in [6.07, 6.45) is 0. The van der Waals surface area contributed by atoms with Crippen molar-refractivity contribution >= 4 is 33.0 Å². The fraction of sp³-hybridized carbons (Fsp3) is 0.222. The first-order chi connectivity index (χ1) is 10.8. The molecule has 0 saturated carbocycles. The van der Waals surface area contributed by atoms with E-state index in [0.29, 0.717) is 6.54 Å². The van der Waals surface area contributed by atoms with Gasteiger partial charge in [-0.05, 0) is 40.1 Å². The van der Waals surface area contributed by atoms with Crippen molar-refractivity contribution in [3.05, 3.63) is 70.1 Å². The molecule has 3 aromatic rings. The number of hydrogen-bond acceptors (Lipinski definition) is 3. The third-order valence-electron chi connectivity index (χ3n) is 3.67. The molecule has 22 heavy (non-hydrogen) atoms. The molecule has 1 heterocycles. The Morgan fingerprint density at radius 1 is 1.05 bits per heavy atom. The van der Waals surface area contributed by atoms with Gasteiger partial charge in [0.25, 0.3) is 0 Å². The van der Waals surface area contributed by atoms with Crippen LogP contribution in [0.4, 0.5) is 0 Å². The number of benzene rings is 2. The van der Waals surface area contributed by atoms with Crippen LogP contribution in [0.15, 0.2) is 53.9 Å². The third kappa shape index (κ3) is 3.68. The van der Waals surface area contributed by atoms with Gasteiger partial charge in [-0.1, -0.05) is 41.9 Å². The normalized spacial score (nSPS) is 11.4. The minimum atomic E-state index is 0.162. The Kier molecular flexibility index (Phi) is 5.11. The minimum absolute atomic E-state index is 0.162. The van der Waals surface area contributed by atoms with Gasteiger partial charge in [-0.2, -0.15) is 0 Å². The quantitative estimate of drug-likeness (QED) is 0.716. The van der Waals surface area contributed by atoms with E-state index in [1.807, 2.05) is 30.3 Å². The van der Waals surface area contributed by atoms with Gasteiger partial charge in [0.2, 0.25) is 0 Å². The van der Waals surface area contributed by atoms with Crippen molar-refractivity contribution < 1.29 is 5.11 Å². The fourth-order valence-corrected chi connectivity index (χ4v) is 3.72. The Balaban J connectivity index is 1.81. The van der Waals surface area contributed by atoms with Crippen LogP contribution in [0.5, 0.6) is 0 Å². The average Bonchev–Trinajstić information content (AvgIpc) is 2.91. The number of fused-ring (bicyclic) bond motifs is 1. The van der Waals surface area contributed by atoms with E-state index >= 15 is 0 Å². The maximum Gasteiger partial charge on any atom is 0.0558 e. The molecule has 0 aliphatic heterocycles. The van der Waals surface area contributed by atoms with Crippen molar-refractivity contribution in [2.45, 2.75) is 13.1 Å². The Labute approximate surface area is 139 Å². The lowest BCUT2D eigenvalue weighted by atomic mass is 10.1. The molecular formula is C18H18ClNOS. The van der Waals surface area contributed by atoms with Crippen molar-refractivity contribution in [3.8, 4) is 0 Å².